The number of aryl methyl sites for hydroxylation is 2. The Morgan fingerprint density at radius 2 is 1.81 bits per heavy atom. The molecule has 1 heterocycles. The van der Waals surface area contributed by atoms with Gasteiger partial charge in [-0.3, -0.25) is 4.79 Å². The molecule has 1 aliphatic rings. The Bertz CT molecular complexity index is 1440. The highest BCUT2D eigenvalue weighted by Gasteiger charge is 2.24. The Balaban J connectivity index is 1.69. The van der Waals surface area contributed by atoms with E-state index in [1.165, 1.54) is 18.1 Å². The number of oxime groups is 1. The van der Waals surface area contributed by atoms with E-state index in [4.69, 9.17) is 4.84 Å². The summed E-state index contributed by atoms with van der Waals surface area (Å²) in [6, 6.07) is 18.0. The van der Waals surface area contributed by atoms with E-state index in [9.17, 15) is 9.59 Å². The van der Waals surface area contributed by atoms with Crippen molar-refractivity contribution in [1.29, 1.82) is 0 Å². The van der Waals surface area contributed by atoms with Crippen LogP contribution in [-0.2, 0) is 29.0 Å². The van der Waals surface area contributed by atoms with Crippen molar-refractivity contribution in [3.63, 3.8) is 0 Å². The van der Waals surface area contributed by atoms with Gasteiger partial charge in [0, 0.05) is 59.2 Å². The Hall–Kier alpha value is -3.73. The third kappa shape index (κ3) is 3.21. The Morgan fingerprint density at radius 1 is 1.03 bits per heavy atom. The lowest BCUT2D eigenvalue weighted by molar-refractivity contribution is -0.140. The molecule has 0 saturated carbocycles. The summed E-state index contributed by atoms with van der Waals surface area (Å²) < 4.78 is 2.29. The largest absolute Gasteiger partial charge is 0.341 e. The molecule has 4 aromatic rings. The molecule has 1 aliphatic carbocycles. The van der Waals surface area contributed by atoms with E-state index in [-0.39, 0.29) is 5.78 Å². The summed E-state index contributed by atoms with van der Waals surface area (Å²) in [4.78, 5) is 29.4. The van der Waals surface area contributed by atoms with Gasteiger partial charge in [0.15, 0.2) is 5.78 Å². The van der Waals surface area contributed by atoms with Gasteiger partial charge in [-0.1, -0.05) is 35.5 Å². The number of fused-ring (bicyclic) bond motifs is 5. The number of nitrogens with zero attached hydrogens (tertiary/aromatic N) is 2. The number of ketones is 1. The van der Waals surface area contributed by atoms with Crippen molar-refractivity contribution in [2.24, 2.45) is 5.16 Å². The summed E-state index contributed by atoms with van der Waals surface area (Å²) >= 11 is 0. The fourth-order valence-electron chi connectivity index (χ4n) is 4.82. The molecule has 0 amide bonds. The molecule has 160 valence electrons. The summed E-state index contributed by atoms with van der Waals surface area (Å²) in [6.45, 7) is 6.28. The molecule has 0 aliphatic heterocycles. The molecular formula is C27H24N2O3. The Kier molecular flexibility index (Phi) is 4.89. The minimum atomic E-state index is -0.416. The van der Waals surface area contributed by atoms with Crippen LogP contribution in [0.15, 0.2) is 59.8 Å². The van der Waals surface area contributed by atoms with Crippen molar-refractivity contribution in [1.82, 2.24) is 4.57 Å². The molecular weight excluding hydrogens is 400 g/mol. The van der Waals surface area contributed by atoms with Gasteiger partial charge in [0.05, 0.1) is 5.71 Å². The lowest BCUT2D eigenvalue weighted by Crippen LogP contribution is -2.03. The number of aromatic nitrogens is 1. The second-order valence-electron chi connectivity index (χ2n) is 8.31. The second kappa shape index (κ2) is 7.75. The van der Waals surface area contributed by atoms with E-state index < -0.39 is 5.97 Å². The molecule has 32 heavy (non-hydrogen) atoms. The first kappa shape index (κ1) is 20.2. The molecule has 0 fully saturated rings. The van der Waals surface area contributed by atoms with Gasteiger partial charge in [-0.15, -0.1) is 0 Å². The molecule has 0 bridgehead atoms. The van der Waals surface area contributed by atoms with E-state index in [1.807, 2.05) is 43.3 Å². The SMILES string of the molecule is CCn1c2ccc(C(=O)c3ccccc3C)cc2c2c3c(ccc21)C/C(=N\OC(C)=O)C3. The number of carbonyl (C=O) groups excluding carboxylic acids is 2. The topological polar surface area (TPSA) is 60.7 Å². The van der Waals surface area contributed by atoms with Gasteiger partial charge in [-0.2, -0.15) is 0 Å². The monoisotopic (exact) mass is 424 g/mol. The molecule has 0 unspecified atom stereocenters. The van der Waals surface area contributed by atoms with E-state index in [2.05, 4.69) is 34.8 Å². The van der Waals surface area contributed by atoms with Crippen molar-refractivity contribution >= 4 is 39.3 Å². The van der Waals surface area contributed by atoms with E-state index in [0.717, 1.165) is 45.2 Å². The highest BCUT2D eigenvalue weighted by molar-refractivity contribution is 6.17. The Morgan fingerprint density at radius 3 is 2.56 bits per heavy atom. The van der Waals surface area contributed by atoms with Crippen LogP contribution in [0.3, 0.4) is 0 Å². The smallest absolute Gasteiger partial charge is 0.331 e. The van der Waals surface area contributed by atoms with Crippen LogP contribution in [0.2, 0.25) is 0 Å². The lowest BCUT2D eigenvalue weighted by atomic mass is 9.96. The van der Waals surface area contributed by atoms with Gasteiger partial charge >= 0.3 is 5.97 Å². The van der Waals surface area contributed by atoms with Crippen LogP contribution in [-0.4, -0.2) is 22.0 Å². The molecule has 5 rings (SSSR count). The van der Waals surface area contributed by atoms with Crippen LogP contribution < -0.4 is 0 Å². The lowest BCUT2D eigenvalue weighted by Gasteiger charge is -2.06. The minimum absolute atomic E-state index is 0.0343. The van der Waals surface area contributed by atoms with Gasteiger partial charge in [0.1, 0.15) is 0 Å². The van der Waals surface area contributed by atoms with Crippen LogP contribution in [0.5, 0.6) is 0 Å². The summed E-state index contributed by atoms with van der Waals surface area (Å²) in [7, 11) is 0. The highest BCUT2D eigenvalue weighted by atomic mass is 16.7. The molecule has 0 saturated heterocycles. The zero-order valence-corrected chi connectivity index (χ0v) is 18.4. The predicted molar refractivity (Wildman–Crippen MR) is 126 cm³/mol. The maximum absolute atomic E-state index is 13.3. The van der Waals surface area contributed by atoms with Crippen molar-refractivity contribution in [2.45, 2.75) is 40.2 Å². The standard InChI is InChI=1S/C27H24N2O3/c1-4-29-24-11-10-19(27(31)21-8-6-5-7-16(21)2)14-23(24)26-22-15-20(28-32-17(3)30)13-18(22)9-12-25(26)29/h5-12,14H,4,13,15H2,1-3H3/b28-20+. The first-order valence-electron chi connectivity index (χ1n) is 10.9. The van der Waals surface area contributed by atoms with Crippen LogP contribution in [0, 0.1) is 6.92 Å². The molecule has 5 nitrogen and oxygen atoms in total. The third-order valence-electron chi connectivity index (χ3n) is 6.28. The van der Waals surface area contributed by atoms with Crippen molar-refractivity contribution < 1.29 is 14.4 Å². The summed E-state index contributed by atoms with van der Waals surface area (Å²) in [5.74, 6) is -0.382. The van der Waals surface area contributed by atoms with Gasteiger partial charge in [-0.05, 0) is 54.8 Å². The molecule has 0 atom stereocenters. The Labute approximate surface area is 186 Å². The second-order valence-corrected chi connectivity index (χ2v) is 8.31. The molecule has 0 N–H and O–H groups in total. The number of benzene rings is 3. The zero-order valence-electron chi connectivity index (χ0n) is 18.4. The van der Waals surface area contributed by atoms with Crippen LogP contribution in [0.25, 0.3) is 21.8 Å². The average Bonchev–Trinajstić information content (AvgIpc) is 3.35. The van der Waals surface area contributed by atoms with Crippen molar-refractivity contribution in [3.05, 3.63) is 82.4 Å². The quantitative estimate of drug-likeness (QED) is 0.251. The summed E-state index contributed by atoms with van der Waals surface area (Å²) in [5, 5.41) is 6.29. The molecule has 3 aromatic carbocycles. The van der Waals surface area contributed by atoms with Crippen LogP contribution in [0.1, 0.15) is 46.5 Å². The molecule has 0 spiro atoms. The maximum atomic E-state index is 13.3. The highest BCUT2D eigenvalue weighted by Crippen LogP contribution is 2.37. The number of rotatable bonds is 4. The third-order valence-corrected chi connectivity index (χ3v) is 6.28. The average molecular weight is 425 g/mol. The molecule has 1 aromatic heterocycles. The molecule has 5 heteroatoms. The first-order valence-corrected chi connectivity index (χ1v) is 10.9. The van der Waals surface area contributed by atoms with Gasteiger partial charge < -0.3 is 9.40 Å². The maximum Gasteiger partial charge on any atom is 0.331 e. The predicted octanol–water partition coefficient (Wildman–Crippen LogP) is 5.37. The summed E-state index contributed by atoms with van der Waals surface area (Å²) in [5.41, 5.74) is 7.88. The number of hydrogen-bond acceptors (Lipinski definition) is 4. The fraction of sp³-hybridized carbons (Fsp3) is 0.222. The van der Waals surface area contributed by atoms with Crippen LogP contribution >= 0.6 is 0 Å². The molecule has 0 radical (unpaired) electrons. The van der Waals surface area contributed by atoms with E-state index >= 15 is 0 Å². The first-order chi connectivity index (χ1) is 15.5. The van der Waals surface area contributed by atoms with Gasteiger partial charge in [0.2, 0.25) is 0 Å². The number of hydrogen-bond donors (Lipinski definition) is 0. The minimum Gasteiger partial charge on any atom is -0.341 e. The van der Waals surface area contributed by atoms with Crippen molar-refractivity contribution in [3.8, 4) is 0 Å². The summed E-state index contributed by atoms with van der Waals surface area (Å²) in [6.07, 6.45) is 1.30. The zero-order chi connectivity index (χ0) is 22.4. The van der Waals surface area contributed by atoms with Crippen molar-refractivity contribution in [2.75, 3.05) is 0 Å². The number of carbonyl (C=O) groups is 2. The normalized spacial score (nSPS) is 14.3. The van der Waals surface area contributed by atoms with E-state index in [1.54, 1.807) is 0 Å². The van der Waals surface area contributed by atoms with Gasteiger partial charge in [0.25, 0.3) is 0 Å². The van der Waals surface area contributed by atoms with Crippen LogP contribution in [0.4, 0.5) is 0 Å². The van der Waals surface area contributed by atoms with E-state index in [0.29, 0.717) is 18.4 Å². The fourth-order valence-corrected chi connectivity index (χ4v) is 4.82. The van der Waals surface area contributed by atoms with Gasteiger partial charge in [-0.25, -0.2) is 4.79 Å².